The van der Waals surface area contributed by atoms with E-state index in [0.29, 0.717) is 23.1 Å². The van der Waals surface area contributed by atoms with Gasteiger partial charge in [0.15, 0.2) is 5.76 Å². The number of hydrogen-bond acceptors (Lipinski definition) is 5. The molecule has 0 unspecified atom stereocenters. The van der Waals surface area contributed by atoms with Crippen LogP contribution in [0.2, 0.25) is 5.02 Å². The van der Waals surface area contributed by atoms with Crippen molar-refractivity contribution in [1.82, 2.24) is 0 Å². The summed E-state index contributed by atoms with van der Waals surface area (Å²) < 4.78 is 10.9. The van der Waals surface area contributed by atoms with Crippen molar-refractivity contribution < 1.29 is 18.9 Å². The van der Waals surface area contributed by atoms with E-state index >= 15 is 0 Å². The van der Waals surface area contributed by atoms with E-state index in [4.69, 9.17) is 20.8 Å². The van der Waals surface area contributed by atoms with Crippen LogP contribution in [-0.4, -0.2) is 17.4 Å². The van der Waals surface area contributed by atoms with Gasteiger partial charge in [-0.05, 0) is 49.7 Å². The number of nitro groups is 1. The maximum absolute atomic E-state index is 12.5. The highest BCUT2D eigenvalue weighted by atomic mass is 35.5. The Morgan fingerprint density at radius 1 is 1.25 bits per heavy atom. The fourth-order valence-corrected chi connectivity index (χ4v) is 2.86. The highest BCUT2D eigenvalue weighted by Crippen LogP contribution is 2.32. The minimum absolute atomic E-state index is 0.0255. The van der Waals surface area contributed by atoms with Crippen molar-refractivity contribution in [3.63, 3.8) is 0 Å². The molecule has 0 aliphatic heterocycles. The van der Waals surface area contributed by atoms with Crippen molar-refractivity contribution in [2.75, 3.05) is 11.9 Å². The second kappa shape index (κ2) is 8.14. The summed E-state index contributed by atoms with van der Waals surface area (Å²) in [5.74, 6) is 0.256. The quantitative estimate of drug-likeness (QED) is 0.437. The van der Waals surface area contributed by atoms with Gasteiger partial charge in [-0.25, -0.2) is 0 Å². The largest absolute Gasteiger partial charge is 0.494 e. The molecule has 0 saturated carbocycles. The van der Waals surface area contributed by atoms with Gasteiger partial charge in [-0.1, -0.05) is 23.7 Å². The molecule has 0 fully saturated rings. The molecule has 28 heavy (non-hydrogen) atoms. The average Bonchev–Trinajstić information content (AvgIpc) is 3.15. The lowest BCUT2D eigenvalue weighted by atomic mass is 10.1. The van der Waals surface area contributed by atoms with Gasteiger partial charge >= 0.3 is 0 Å². The zero-order chi connectivity index (χ0) is 20.3. The minimum Gasteiger partial charge on any atom is -0.494 e. The number of halogens is 1. The number of rotatable bonds is 6. The van der Waals surface area contributed by atoms with Crippen LogP contribution in [0, 0.1) is 17.0 Å². The summed E-state index contributed by atoms with van der Waals surface area (Å²) in [5, 5.41) is 14.4. The maximum atomic E-state index is 12.5. The Bertz CT molecular complexity index is 1040. The third-order valence-electron chi connectivity index (χ3n) is 4.09. The van der Waals surface area contributed by atoms with Crippen molar-refractivity contribution in [3.05, 3.63) is 75.0 Å². The molecule has 0 atom stereocenters. The van der Waals surface area contributed by atoms with Crippen LogP contribution in [0.25, 0.3) is 11.3 Å². The summed E-state index contributed by atoms with van der Waals surface area (Å²) in [6, 6.07) is 12.8. The predicted molar refractivity (Wildman–Crippen MR) is 106 cm³/mol. The fraction of sp³-hybridized carbons (Fsp3) is 0.150. The number of nitrogens with one attached hydrogen (secondary N) is 1. The Morgan fingerprint density at radius 3 is 2.75 bits per heavy atom. The van der Waals surface area contributed by atoms with E-state index in [0.717, 1.165) is 11.1 Å². The Morgan fingerprint density at radius 2 is 2.04 bits per heavy atom. The number of ether oxygens (including phenoxy) is 1. The lowest BCUT2D eigenvalue weighted by Gasteiger charge is -2.07. The van der Waals surface area contributed by atoms with Crippen molar-refractivity contribution in [2.45, 2.75) is 13.8 Å². The molecule has 0 radical (unpaired) electrons. The van der Waals surface area contributed by atoms with Crippen LogP contribution in [0.15, 0.2) is 52.9 Å². The van der Waals surface area contributed by atoms with Gasteiger partial charge in [0.2, 0.25) is 0 Å². The van der Waals surface area contributed by atoms with Crippen LogP contribution in [0.3, 0.4) is 0 Å². The number of benzene rings is 2. The summed E-state index contributed by atoms with van der Waals surface area (Å²) in [7, 11) is 0. The molecule has 0 aliphatic carbocycles. The number of nitro benzene ring substituents is 1. The minimum atomic E-state index is -0.599. The number of hydrogen-bond donors (Lipinski definition) is 1. The van der Waals surface area contributed by atoms with E-state index in [1.807, 2.05) is 13.0 Å². The van der Waals surface area contributed by atoms with Gasteiger partial charge in [0.25, 0.3) is 11.6 Å². The Hall–Kier alpha value is -3.32. The van der Waals surface area contributed by atoms with E-state index < -0.39 is 10.8 Å². The van der Waals surface area contributed by atoms with Crippen molar-refractivity contribution in [1.29, 1.82) is 0 Å². The summed E-state index contributed by atoms with van der Waals surface area (Å²) in [4.78, 5) is 23.2. The summed E-state index contributed by atoms with van der Waals surface area (Å²) in [6.07, 6.45) is 0. The molecule has 0 saturated heterocycles. The summed E-state index contributed by atoms with van der Waals surface area (Å²) in [5.41, 5.74) is 1.37. The number of furan rings is 1. The molecule has 144 valence electrons. The van der Waals surface area contributed by atoms with Crippen molar-refractivity contribution in [3.8, 4) is 17.1 Å². The van der Waals surface area contributed by atoms with Crippen molar-refractivity contribution >= 4 is 28.9 Å². The fourth-order valence-electron chi connectivity index (χ4n) is 2.69. The molecule has 1 amide bonds. The Labute approximate surface area is 166 Å². The second-order valence-electron chi connectivity index (χ2n) is 5.90. The first-order chi connectivity index (χ1) is 13.4. The van der Waals surface area contributed by atoms with Gasteiger partial charge in [-0.15, -0.1) is 0 Å². The molecule has 0 spiro atoms. The smallest absolute Gasteiger partial charge is 0.296 e. The lowest BCUT2D eigenvalue weighted by molar-refractivity contribution is -0.384. The molecule has 3 rings (SSSR count). The van der Waals surface area contributed by atoms with Gasteiger partial charge in [0.1, 0.15) is 17.2 Å². The van der Waals surface area contributed by atoms with E-state index in [-0.39, 0.29) is 17.1 Å². The molecular formula is C20H17ClN2O5. The molecule has 1 N–H and O–H groups in total. The van der Waals surface area contributed by atoms with Crippen molar-refractivity contribution in [2.24, 2.45) is 0 Å². The van der Waals surface area contributed by atoms with Crippen LogP contribution in [-0.2, 0) is 0 Å². The molecule has 0 bridgehead atoms. The van der Waals surface area contributed by atoms with Gasteiger partial charge in [-0.2, -0.15) is 0 Å². The monoisotopic (exact) mass is 400 g/mol. The summed E-state index contributed by atoms with van der Waals surface area (Å²) >= 11 is 6.13. The third-order valence-corrected chi connectivity index (χ3v) is 4.50. The third kappa shape index (κ3) is 3.99. The highest BCUT2D eigenvalue weighted by molar-refractivity contribution is 6.31. The Kier molecular flexibility index (Phi) is 5.65. The molecule has 3 aromatic rings. The lowest BCUT2D eigenvalue weighted by Crippen LogP contribution is -2.12. The van der Waals surface area contributed by atoms with Gasteiger partial charge in [0, 0.05) is 10.6 Å². The SMILES string of the molecule is CCOc1ccc(NC(=O)c2ccc(-c3cccc(Cl)c3C)o2)c([N+](=O)[O-])c1. The van der Waals surface area contributed by atoms with Crippen LogP contribution in [0.1, 0.15) is 23.0 Å². The first-order valence-corrected chi connectivity index (χ1v) is 8.86. The highest BCUT2D eigenvalue weighted by Gasteiger charge is 2.20. The first kappa shape index (κ1) is 19.4. The van der Waals surface area contributed by atoms with E-state index in [9.17, 15) is 14.9 Å². The topological polar surface area (TPSA) is 94.6 Å². The number of nitrogens with zero attached hydrogens (tertiary/aromatic N) is 1. The molecule has 1 heterocycles. The molecule has 1 aromatic heterocycles. The second-order valence-corrected chi connectivity index (χ2v) is 6.31. The van der Waals surface area contributed by atoms with Crippen LogP contribution in [0.5, 0.6) is 5.75 Å². The first-order valence-electron chi connectivity index (χ1n) is 8.48. The van der Waals surface area contributed by atoms with Crippen LogP contribution in [0.4, 0.5) is 11.4 Å². The van der Waals surface area contributed by atoms with Gasteiger partial charge < -0.3 is 14.5 Å². The zero-order valence-corrected chi connectivity index (χ0v) is 15.9. The van der Waals surface area contributed by atoms with Gasteiger partial charge in [0.05, 0.1) is 17.6 Å². The maximum Gasteiger partial charge on any atom is 0.296 e. The average molecular weight is 401 g/mol. The summed E-state index contributed by atoms with van der Waals surface area (Å²) in [6.45, 7) is 4.00. The number of amides is 1. The van der Waals surface area contributed by atoms with Crippen LogP contribution < -0.4 is 10.1 Å². The molecule has 8 heteroatoms. The number of carbonyl (C=O) groups is 1. The molecule has 0 aliphatic rings. The molecular weight excluding hydrogens is 384 g/mol. The zero-order valence-electron chi connectivity index (χ0n) is 15.2. The molecule has 7 nitrogen and oxygen atoms in total. The number of carbonyl (C=O) groups excluding carboxylic acids is 1. The molecule has 2 aromatic carbocycles. The van der Waals surface area contributed by atoms with E-state index in [2.05, 4.69) is 5.32 Å². The van der Waals surface area contributed by atoms with Gasteiger partial charge in [-0.3, -0.25) is 14.9 Å². The normalized spacial score (nSPS) is 10.5. The standard InChI is InChI=1S/C20H17ClN2O5/c1-3-27-13-7-8-16(17(11-13)23(25)26)22-20(24)19-10-9-18(28-19)14-5-4-6-15(21)12(14)2/h4-11H,3H2,1-2H3,(H,22,24). The van der Waals surface area contributed by atoms with E-state index in [1.165, 1.54) is 18.2 Å². The van der Waals surface area contributed by atoms with E-state index in [1.54, 1.807) is 31.2 Å². The Balaban J connectivity index is 1.85. The number of anilines is 1. The van der Waals surface area contributed by atoms with Crippen LogP contribution >= 0.6 is 11.6 Å². The predicted octanol–water partition coefficient (Wildman–Crippen LogP) is 5.47.